The third-order valence-corrected chi connectivity index (χ3v) is 3.40. The highest BCUT2D eigenvalue weighted by Gasteiger charge is 2.06. The highest BCUT2D eigenvalue weighted by molar-refractivity contribution is 14.0. The van der Waals surface area contributed by atoms with Crippen molar-refractivity contribution in [3.63, 3.8) is 0 Å². The first kappa shape index (κ1) is 22.2. The van der Waals surface area contributed by atoms with Gasteiger partial charge in [-0.3, -0.25) is 4.99 Å². The molecule has 0 aliphatic rings. The normalized spacial score (nSPS) is 11.0. The van der Waals surface area contributed by atoms with Crippen LogP contribution in [0, 0.1) is 6.92 Å². The summed E-state index contributed by atoms with van der Waals surface area (Å²) in [5, 5.41) is 3.36. The predicted octanol–water partition coefficient (Wildman–Crippen LogP) is 3.83. The van der Waals surface area contributed by atoms with Crippen molar-refractivity contribution in [1.29, 1.82) is 0 Å². The molecular weight excluding hydrogens is 401 g/mol. The van der Waals surface area contributed by atoms with Gasteiger partial charge in [0.2, 0.25) is 0 Å². The van der Waals surface area contributed by atoms with Crippen LogP contribution in [0.1, 0.15) is 37.8 Å². The number of nitrogens with one attached hydrogen (secondary N) is 1. The number of ether oxygens (including phenoxy) is 1. The van der Waals surface area contributed by atoms with Gasteiger partial charge < -0.3 is 15.0 Å². The van der Waals surface area contributed by atoms with Crippen molar-refractivity contribution in [3.8, 4) is 0 Å². The topological polar surface area (TPSA) is 36.9 Å². The third-order valence-electron chi connectivity index (χ3n) is 3.40. The summed E-state index contributed by atoms with van der Waals surface area (Å²) in [5.74, 6) is 0.972. The van der Waals surface area contributed by atoms with Crippen LogP contribution in [0.5, 0.6) is 0 Å². The van der Waals surface area contributed by atoms with Gasteiger partial charge in [-0.05, 0) is 39.2 Å². The van der Waals surface area contributed by atoms with Crippen LogP contribution >= 0.6 is 24.0 Å². The lowest BCUT2D eigenvalue weighted by atomic mass is 10.1. The maximum absolute atomic E-state index is 5.35. The van der Waals surface area contributed by atoms with Gasteiger partial charge in [-0.25, -0.2) is 0 Å². The van der Waals surface area contributed by atoms with Gasteiger partial charge in [0.05, 0.1) is 0 Å². The summed E-state index contributed by atoms with van der Waals surface area (Å²) in [5.41, 5.74) is 2.59. The van der Waals surface area contributed by atoms with E-state index < -0.39 is 0 Å². The number of aliphatic imine (C=N–C) groups is 1. The summed E-state index contributed by atoms with van der Waals surface area (Å²) in [7, 11) is 2.08. The molecule has 0 unspecified atom stereocenters. The van der Waals surface area contributed by atoms with E-state index in [2.05, 4.69) is 55.4 Å². The Morgan fingerprint density at radius 1 is 1.17 bits per heavy atom. The largest absolute Gasteiger partial charge is 0.382 e. The summed E-state index contributed by atoms with van der Waals surface area (Å²) < 4.78 is 5.35. The predicted molar refractivity (Wildman–Crippen MR) is 110 cm³/mol. The number of hydrogen-bond donors (Lipinski definition) is 1. The van der Waals surface area contributed by atoms with Crippen LogP contribution in [0.25, 0.3) is 0 Å². The van der Waals surface area contributed by atoms with Crippen molar-refractivity contribution in [2.24, 2.45) is 4.99 Å². The molecule has 0 saturated carbocycles. The average Bonchev–Trinajstić information content (AvgIpc) is 2.51. The zero-order valence-corrected chi connectivity index (χ0v) is 17.3. The fourth-order valence-electron chi connectivity index (χ4n) is 2.16. The molecule has 0 atom stereocenters. The molecule has 4 nitrogen and oxygen atoms in total. The Morgan fingerprint density at radius 3 is 2.48 bits per heavy atom. The average molecular weight is 433 g/mol. The van der Waals surface area contributed by atoms with E-state index in [4.69, 9.17) is 9.73 Å². The molecule has 0 amide bonds. The number of rotatable bonds is 9. The van der Waals surface area contributed by atoms with E-state index in [9.17, 15) is 0 Å². The molecule has 1 N–H and O–H groups in total. The van der Waals surface area contributed by atoms with Crippen LogP contribution < -0.4 is 5.32 Å². The van der Waals surface area contributed by atoms with Crippen LogP contribution in [0.3, 0.4) is 0 Å². The van der Waals surface area contributed by atoms with E-state index >= 15 is 0 Å². The number of guanidine groups is 1. The van der Waals surface area contributed by atoms with Crippen molar-refractivity contribution in [1.82, 2.24) is 10.2 Å². The lowest BCUT2D eigenvalue weighted by molar-refractivity contribution is 0.144. The first-order valence-electron chi connectivity index (χ1n) is 8.30. The second-order valence-electron chi connectivity index (χ2n) is 5.48. The van der Waals surface area contributed by atoms with Gasteiger partial charge in [0.15, 0.2) is 5.96 Å². The molecule has 0 aliphatic carbocycles. The standard InChI is InChI=1S/C18H31N3O.HI/c1-5-19-18(20-13-7-8-14-22-6-2)21(4)15-17-11-9-16(3)10-12-17;/h9-12H,5-8,13-15H2,1-4H3,(H,19,20);1H. The van der Waals surface area contributed by atoms with Gasteiger partial charge in [0.25, 0.3) is 0 Å². The zero-order chi connectivity index (χ0) is 16.2. The number of unbranched alkanes of at least 4 members (excludes halogenated alkanes) is 1. The Morgan fingerprint density at radius 2 is 1.87 bits per heavy atom. The van der Waals surface area contributed by atoms with Crippen molar-refractivity contribution >= 4 is 29.9 Å². The number of benzene rings is 1. The van der Waals surface area contributed by atoms with Crippen molar-refractivity contribution in [2.75, 3.05) is 33.4 Å². The number of aryl methyl sites for hydroxylation is 1. The minimum absolute atomic E-state index is 0. The maximum Gasteiger partial charge on any atom is 0.193 e. The number of halogens is 1. The van der Waals surface area contributed by atoms with Crippen LogP contribution in [-0.2, 0) is 11.3 Å². The smallest absolute Gasteiger partial charge is 0.193 e. The van der Waals surface area contributed by atoms with E-state index in [-0.39, 0.29) is 24.0 Å². The Bertz CT molecular complexity index is 434. The summed E-state index contributed by atoms with van der Waals surface area (Å²) in [6.45, 7) is 10.5. The van der Waals surface area contributed by atoms with Gasteiger partial charge in [0, 0.05) is 39.9 Å². The minimum atomic E-state index is 0. The molecule has 0 aromatic heterocycles. The van der Waals surface area contributed by atoms with E-state index in [0.717, 1.165) is 51.6 Å². The summed E-state index contributed by atoms with van der Waals surface area (Å²) in [6, 6.07) is 8.66. The second kappa shape index (κ2) is 13.6. The monoisotopic (exact) mass is 433 g/mol. The Balaban J connectivity index is 0.00000484. The summed E-state index contributed by atoms with van der Waals surface area (Å²) in [4.78, 5) is 6.88. The van der Waals surface area contributed by atoms with Gasteiger partial charge in [-0.2, -0.15) is 0 Å². The second-order valence-corrected chi connectivity index (χ2v) is 5.48. The molecule has 1 rings (SSSR count). The summed E-state index contributed by atoms with van der Waals surface area (Å²) in [6.07, 6.45) is 2.13. The third kappa shape index (κ3) is 9.81. The minimum Gasteiger partial charge on any atom is -0.382 e. The number of nitrogens with zero attached hydrogens (tertiary/aromatic N) is 2. The quantitative estimate of drug-likeness (QED) is 0.278. The van der Waals surface area contributed by atoms with Crippen molar-refractivity contribution in [3.05, 3.63) is 35.4 Å². The van der Waals surface area contributed by atoms with Gasteiger partial charge in [-0.1, -0.05) is 29.8 Å². The van der Waals surface area contributed by atoms with E-state index in [1.165, 1.54) is 11.1 Å². The number of hydrogen-bond acceptors (Lipinski definition) is 2. The van der Waals surface area contributed by atoms with E-state index in [1.807, 2.05) is 6.92 Å². The Kier molecular flexibility index (Phi) is 13.1. The molecule has 1 aromatic rings. The van der Waals surface area contributed by atoms with Crippen molar-refractivity contribution in [2.45, 2.75) is 40.2 Å². The zero-order valence-electron chi connectivity index (χ0n) is 15.0. The Labute approximate surface area is 158 Å². The van der Waals surface area contributed by atoms with E-state index in [0.29, 0.717) is 0 Å². The van der Waals surface area contributed by atoms with Gasteiger partial charge in [-0.15, -0.1) is 24.0 Å². The first-order valence-corrected chi connectivity index (χ1v) is 8.30. The Hall–Kier alpha value is -0.820. The molecule has 0 radical (unpaired) electrons. The molecular formula is C18H32IN3O. The molecule has 0 aliphatic heterocycles. The van der Waals surface area contributed by atoms with Crippen LogP contribution in [0.15, 0.2) is 29.3 Å². The lowest BCUT2D eigenvalue weighted by Gasteiger charge is -2.22. The fourth-order valence-corrected chi connectivity index (χ4v) is 2.16. The van der Waals surface area contributed by atoms with Gasteiger partial charge >= 0.3 is 0 Å². The molecule has 0 spiro atoms. The van der Waals surface area contributed by atoms with Crippen LogP contribution in [0.2, 0.25) is 0 Å². The van der Waals surface area contributed by atoms with Crippen LogP contribution in [0.4, 0.5) is 0 Å². The molecule has 132 valence electrons. The molecule has 0 heterocycles. The van der Waals surface area contributed by atoms with Crippen molar-refractivity contribution < 1.29 is 4.74 Å². The van der Waals surface area contributed by atoms with Crippen LogP contribution in [-0.4, -0.2) is 44.2 Å². The maximum atomic E-state index is 5.35. The molecule has 23 heavy (non-hydrogen) atoms. The molecule has 5 heteroatoms. The van der Waals surface area contributed by atoms with E-state index in [1.54, 1.807) is 0 Å². The first-order chi connectivity index (χ1) is 10.7. The highest BCUT2D eigenvalue weighted by Crippen LogP contribution is 2.06. The highest BCUT2D eigenvalue weighted by atomic mass is 127. The SMILES string of the molecule is CCNC(=NCCCCOCC)N(C)Cc1ccc(C)cc1.I. The summed E-state index contributed by atoms with van der Waals surface area (Å²) >= 11 is 0. The molecule has 0 fully saturated rings. The molecule has 0 saturated heterocycles. The lowest BCUT2D eigenvalue weighted by Crippen LogP contribution is -2.38. The van der Waals surface area contributed by atoms with Gasteiger partial charge in [0.1, 0.15) is 0 Å². The molecule has 1 aromatic carbocycles. The fraction of sp³-hybridized carbons (Fsp3) is 0.611. The molecule has 0 bridgehead atoms.